The largest absolute Gasteiger partial charge is 0.384 e. The van der Waals surface area contributed by atoms with Crippen LogP contribution in [0.2, 0.25) is 0 Å². The molecular weight excluding hydrogens is 258 g/mol. The van der Waals surface area contributed by atoms with Crippen LogP contribution in [0.1, 0.15) is 44.4 Å². The van der Waals surface area contributed by atoms with E-state index in [1.165, 1.54) is 12.1 Å². The van der Waals surface area contributed by atoms with E-state index >= 15 is 0 Å². The first-order valence-corrected chi connectivity index (χ1v) is 6.98. The second kappa shape index (κ2) is 5.73. The van der Waals surface area contributed by atoms with Crippen LogP contribution in [0.5, 0.6) is 0 Å². The summed E-state index contributed by atoms with van der Waals surface area (Å²) in [4.78, 5) is 4.42. The molecule has 0 amide bonds. The van der Waals surface area contributed by atoms with Crippen molar-refractivity contribution in [1.29, 1.82) is 0 Å². The van der Waals surface area contributed by atoms with E-state index in [0.717, 1.165) is 29.9 Å². The van der Waals surface area contributed by atoms with Gasteiger partial charge in [0.15, 0.2) is 11.6 Å². The number of aromatic nitrogens is 1. The fraction of sp³-hybridized carbons (Fsp3) is 0.438. The van der Waals surface area contributed by atoms with Crippen molar-refractivity contribution in [3.05, 3.63) is 35.0 Å². The molecule has 0 saturated carbocycles. The lowest BCUT2D eigenvalue weighted by molar-refractivity contribution is 0.510. The van der Waals surface area contributed by atoms with Crippen LogP contribution in [0.15, 0.2) is 12.1 Å². The van der Waals surface area contributed by atoms with Gasteiger partial charge in [0.25, 0.3) is 0 Å². The van der Waals surface area contributed by atoms with E-state index in [-0.39, 0.29) is 5.92 Å². The summed E-state index contributed by atoms with van der Waals surface area (Å²) in [5, 5.41) is 3.99. The van der Waals surface area contributed by atoms with Gasteiger partial charge in [-0.25, -0.2) is 8.78 Å². The fourth-order valence-corrected chi connectivity index (χ4v) is 2.54. The zero-order chi connectivity index (χ0) is 14.9. The van der Waals surface area contributed by atoms with Crippen LogP contribution >= 0.6 is 0 Å². The van der Waals surface area contributed by atoms with Crippen LogP contribution in [0.4, 0.5) is 14.5 Å². The van der Waals surface area contributed by atoms with Gasteiger partial charge >= 0.3 is 0 Å². The summed E-state index contributed by atoms with van der Waals surface area (Å²) >= 11 is 0. The van der Waals surface area contributed by atoms with Gasteiger partial charge < -0.3 is 5.32 Å². The molecule has 0 spiro atoms. The quantitative estimate of drug-likeness (QED) is 0.871. The van der Waals surface area contributed by atoms with E-state index in [1.54, 1.807) is 0 Å². The van der Waals surface area contributed by atoms with E-state index in [0.29, 0.717) is 10.9 Å². The molecule has 0 fully saturated rings. The van der Waals surface area contributed by atoms with Crippen molar-refractivity contribution in [2.45, 2.75) is 40.0 Å². The lowest BCUT2D eigenvalue weighted by atomic mass is 9.96. The monoisotopic (exact) mass is 278 g/mol. The molecular formula is C16H20F2N2. The number of anilines is 1. The molecule has 0 saturated heterocycles. The SMILES string of the molecule is CCCNc1c(C(C)C)c(C)nc2cc(F)c(F)cc12. The van der Waals surface area contributed by atoms with Gasteiger partial charge in [-0.2, -0.15) is 0 Å². The maximum absolute atomic E-state index is 13.6. The minimum atomic E-state index is -0.858. The molecule has 2 aromatic rings. The maximum Gasteiger partial charge on any atom is 0.161 e. The first-order chi connectivity index (χ1) is 9.45. The van der Waals surface area contributed by atoms with Gasteiger partial charge in [-0.05, 0) is 30.9 Å². The van der Waals surface area contributed by atoms with E-state index in [2.05, 4.69) is 31.1 Å². The number of hydrogen-bond acceptors (Lipinski definition) is 2. The third-order valence-electron chi connectivity index (χ3n) is 3.38. The van der Waals surface area contributed by atoms with Crippen LogP contribution in [0.3, 0.4) is 0 Å². The minimum Gasteiger partial charge on any atom is -0.384 e. The molecule has 1 aromatic carbocycles. The number of rotatable bonds is 4. The summed E-state index contributed by atoms with van der Waals surface area (Å²) in [5.74, 6) is -1.43. The first kappa shape index (κ1) is 14.7. The molecule has 1 aromatic heterocycles. The zero-order valence-corrected chi connectivity index (χ0v) is 12.3. The predicted octanol–water partition coefficient (Wildman–Crippen LogP) is 4.77. The lowest BCUT2D eigenvalue weighted by Crippen LogP contribution is -2.08. The molecule has 0 atom stereocenters. The Morgan fingerprint density at radius 2 is 1.85 bits per heavy atom. The van der Waals surface area contributed by atoms with Gasteiger partial charge in [-0.3, -0.25) is 4.98 Å². The van der Waals surface area contributed by atoms with Gasteiger partial charge in [0, 0.05) is 29.4 Å². The summed E-state index contributed by atoms with van der Waals surface area (Å²) in [6.07, 6.45) is 0.962. The van der Waals surface area contributed by atoms with Crippen LogP contribution in [0, 0.1) is 18.6 Å². The Bertz CT molecular complexity index is 636. The summed E-state index contributed by atoms with van der Waals surface area (Å²) in [6.45, 7) is 8.92. The van der Waals surface area contributed by atoms with Crippen LogP contribution in [0.25, 0.3) is 10.9 Å². The highest BCUT2D eigenvalue weighted by atomic mass is 19.2. The number of fused-ring (bicyclic) bond motifs is 1. The van der Waals surface area contributed by atoms with Gasteiger partial charge in [0.1, 0.15) is 0 Å². The standard InChI is InChI=1S/C16H20F2N2/c1-5-6-19-16-11-7-12(17)13(18)8-14(11)20-10(4)15(16)9(2)3/h7-9H,5-6H2,1-4H3,(H,19,20). The molecule has 0 bridgehead atoms. The predicted molar refractivity (Wildman–Crippen MR) is 79.3 cm³/mol. The molecule has 1 heterocycles. The maximum atomic E-state index is 13.6. The Morgan fingerprint density at radius 3 is 2.45 bits per heavy atom. The number of pyridine rings is 1. The molecule has 0 aliphatic rings. The van der Waals surface area contributed by atoms with Crippen molar-refractivity contribution in [2.75, 3.05) is 11.9 Å². The third-order valence-corrected chi connectivity index (χ3v) is 3.38. The topological polar surface area (TPSA) is 24.9 Å². The second-order valence-electron chi connectivity index (χ2n) is 5.35. The molecule has 0 radical (unpaired) electrons. The van der Waals surface area contributed by atoms with Gasteiger partial charge in [-0.1, -0.05) is 20.8 Å². The number of nitrogens with zero attached hydrogens (tertiary/aromatic N) is 1. The molecule has 4 heteroatoms. The van der Waals surface area contributed by atoms with Gasteiger partial charge in [0.2, 0.25) is 0 Å². The molecule has 0 aliphatic carbocycles. The Labute approximate surface area is 118 Å². The van der Waals surface area contributed by atoms with Crippen molar-refractivity contribution in [3.63, 3.8) is 0 Å². The van der Waals surface area contributed by atoms with Crippen LogP contribution in [-0.2, 0) is 0 Å². The lowest BCUT2D eigenvalue weighted by Gasteiger charge is -2.19. The van der Waals surface area contributed by atoms with Gasteiger partial charge in [-0.15, -0.1) is 0 Å². The molecule has 2 nitrogen and oxygen atoms in total. The van der Waals surface area contributed by atoms with Crippen molar-refractivity contribution < 1.29 is 8.78 Å². The molecule has 1 N–H and O–H groups in total. The summed E-state index contributed by atoms with van der Waals surface area (Å²) in [6, 6.07) is 2.40. The highest BCUT2D eigenvalue weighted by Gasteiger charge is 2.17. The number of hydrogen-bond donors (Lipinski definition) is 1. The molecule has 0 aliphatic heterocycles. The smallest absolute Gasteiger partial charge is 0.161 e. The number of nitrogens with one attached hydrogen (secondary N) is 1. The summed E-state index contributed by atoms with van der Waals surface area (Å²) in [5.41, 5.74) is 3.29. The highest BCUT2D eigenvalue weighted by molar-refractivity contribution is 5.93. The van der Waals surface area contributed by atoms with E-state index < -0.39 is 11.6 Å². The Hall–Kier alpha value is -1.71. The Kier molecular flexibility index (Phi) is 4.21. The summed E-state index contributed by atoms with van der Waals surface area (Å²) in [7, 11) is 0. The average molecular weight is 278 g/mol. The fourth-order valence-electron chi connectivity index (χ4n) is 2.54. The third kappa shape index (κ3) is 2.60. The molecule has 2 rings (SSSR count). The van der Waals surface area contributed by atoms with Crippen LogP contribution < -0.4 is 5.32 Å². The molecule has 20 heavy (non-hydrogen) atoms. The highest BCUT2D eigenvalue weighted by Crippen LogP contribution is 2.34. The van der Waals surface area contributed by atoms with Crippen molar-refractivity contribution in [1.82, 2.24) is 4.98 Å². The van der Waals surface area contributed by atoms with Crippen molar-refractivity contribution in [2.24, 2.45) is 0 Å². The second-order valence-corrected chi connectivity index (χ2v) is 5.35. The number of aryl methyl sites for hydroxylation is 1. The Morgan fingerprint density at radius 1 is 1.20 bits per heavy atom. The minimum absolute atomic E-state index is 0.263. The zero-order valence-electron chi connectivity index (χ0n) is 12.3. The number of benzene rings is 1. The molecule has 0 unspecified atom stereocenters. The molecule has 108 valence electrons. The van der Waals surface area contributed by atoms with Gasteiger partial charge in [0.05, 0.1) is 5.52 Å². The normalized spacial score (nSPS) is 11.3. The first-order valence-electron chi connectivity index (χ1n) is 6.98. The Balaban J connectivity index is 2.77. The van der Waals surface area contributed by atoms with E-state index in [1.807, 2.05) is 6.92 Å². The summed E-state index contributed by atoms with van der Waals surface area (Å²) < 4.78 is 26.9. The van der Waals surface area contributed by atoms with Crippen molar-refractivity contribution in [3.8, 4) is 0 Å². The van der Waals surface area contributed by atoms with Crippen molar-refractivity contribution >= 4 is 16.6 Å². The van der Waals surface area contributed by atoms with E-state index in [9.17, 15) is 8.78 Å². The van der Waals surface area contributed by atoms with Crippen LogP contribution in [-0.4, -0.2) is 11.5 Å². The average Bonchev–Trinajstić information content (AvgIpc) is 2.37. The van der Waals surface area contributed by atoms with E-state index in [4.69, 9.17) is 0 Å². The number of halogens is 2.